The number of fused-ring (bicyclic) bond motifs is 1. The summed E-state index contributed by atoms with van der Waals surface area (Å²) >= 11 is 7.95. The third kappa shape index (κ3) is 3.93. The molecule has 0 bridgehead atoms. The van der Waals surface area contributed by atoms with E-state index < -0.39 is 10.4 Å². The van der Waals surface area contributed by atoms with Crippen molar-refractivity contribution in [1.82, 2.24) is 19.5 Å². The van der Waals surface area contributed by atoms with Crippen molar-refractivity contribution in [2.45, 2.75) is 23.5 Å². The van der Waals surface area contributed by atoms with Crippen molar-refractivity contribution in [3.8, 4) is 17.3 Å². The molecule has 0 atom stereocenters. The first kappa shape index (κ1) is 22.2. The van der Waals surface area contributed by atoms with E-state index >= 15 is 0 Å². The standard InChI is InChI=1S/C22H20ClFN4O3S/c1-22(2,14-9-12(24)5-8-17(14)30-3)32-13-6-7-15(23)16(10-13)28-19-18(27-21(28)29)20(31-4)26-11-25-19/h5-11H,1-4H3,(H,27,29). The van der Waals surface area contributed by atoms with Crippen LogP contribution in [0.15, 0.2) is 52.4 Å². The minimum Gasteiger partial charge on any atom is -0.496 e. The highest BCUT2D eigenvalue weighted by molar-refractivity contribution is 8.00. The number of imidazole rings is 1. The first-order chi connectivity index (χ1) is 15.2. The van der Waals surface area contributed by atoms with E-state index in [-0.39, 0.29) is 11.7 Å². The van der Waals surface area contributed by atoms with E-state index in [4.69, 9.17) is 21.1 Å². The molecule has 0 amide bonds. The minimum atomic E-state index is -0.547. The highest BCUT2D eigenvalue weighted by atomic mass is 35.5. The Hall–Kier alpha value is -3.04. The van der Waals surface area contributed by atoms with Gasteiger partial charge in [0.25, 0.3) is 0 Å². The van der Waals surface area contributed by atoms with Gasteiger partial charge in [-0.05, 0) is 50.2 Å². The molecule has 166 valence electrons. The van der Waals surface area contributed by atoms with E-state index in [9.17, 15) is 9.18 Å². The largest absolute Gasteiger partial charge is 0.496 e. The van der Waals surface area contributed by atoms with Crippen LogP contribution in [0.3, 0.4) is 0 Å². The zero-order valence-corrected chi connectivity index (χ0v) is 19.3. The number of benzene rings is 2. The third-order valence-corrected chi connectivity index (χ3v) is 6.51. The second-order valence-corrected chi connectivity index (χ2v) is 9.52. The monoisotopic (exact) mass is 474 g/mol. The molecular weight excluding hydrogens is 455 g/mol. The average Bonchev–Trinajstić information content (AvgIpc) is 3.10. The molecule has 0 aliphatic heterocycles. The van der Waals surface area contributed by atoms with E-state index in [1.165, 1.54) is 41.9 Å². The summed E-state index contributed by atoms with van der Waals surface area (Å²) in [6, 6.07) is 9.79. The van der Waals surface area contributed by atoms with Gasteiger partial charge < -0.3 is 9.47 Å². The van der Waals surface area contributed by atoms with Crippen LogP contribution in [0.4, 0.5) is 4.39 Å². The summed E-state index contributed by atoms with van der Waals surface area (Å²) in [7, 11) is 3.02. The van der Waals surface area contributed by atoms with Crippen molar-refractivity contribution in [1.29, 1.82) is 0 Å². The molecule has 0 spiro atoms. The van der Waals surface area contributed by atoms with Gasteiger partial charge in [0.15, 0.2) is 5.65 Å². The number of thioether (sulfide) groups is 1. The highest BCUT2D eigenvalue weighted by Crippen LogP contribution is 2.45. The number of aromatic amines is 1. The molecule has 0 saturated carbocycles. The van der Waals surface area contributed by atoms with Gasteiger partial charge in [-0.3, -0.25) is 4.98 Å². The lowest BCUT2D eigenvalue weighted by atomic mass is 10.0. The number of ether oxygens (including phenoxy) is 2. The van der Waals surface area contributed by atoms with Crippen LogP contribution in [0.2, 0.25) is 5.02 Å². The van der Waals surface area contributed by atoms with Crippen LogP contribution in [0.1, 0.15) is 19.4 Å². The number of methoxy groups -OCH3 is 2. The van der Waals surface area contributed by atoms with E-state index in [1.807, 2.05) is 19.9 Å². The van der Waals surface area contributed by atoms with Crippen molar-refractivity contribution in [3.63, 3.8) is 0 Å². The molecule has 2 aromatic heterocycles. The summed E-state index contributed by atoms with van der Waals surface area (Å²) in [4.78, 5) is 24.6. The molecule has 0 aliphatic carbocycles. The quantitative estimate of drug-likeness (QED) is 0.398. The maximum atomic E-state index is 14.0. The number of aromatic nitrogens is 4. The fourth-order valence-corrected chi connectivity index (χ4v) is 4.87. The fraction of sp³-hybridized carbons (Fsp3) is 0.227. The maximum Gasteiger partial charge on any atom is 0.332 e. The number of nitrogens with one attached hydrogen (secondary N) is 1. The number of H-pyrrole nitrogens is 1. The van der Waals surface area contributed by atoms with Gasteiger partial charge in [0.1, 0.15) is 23.4 Å². The Morgan fingerprint density at radius 3 is 2.62 bits per heavy atom. The smallest absolute Gasteiger partial charge is 0.332 e. The number of rotatable bonds is 6. The molecule has 0 unspecified atom stereocenters. The molecule has 0 aliphatic rings. The van der Waals surface area contributed by atoms with Gasteiger partial charge >= 0.3 is 5.69 Å². The number of halogens is 2. The second-order valence-electron chi connectivity index (χ2n) is 7.42. The molecule has 10 heteroatoms. The Kier molecular flexibility index (Phi) is 5.87. The molecule has 32 heavy (non-hydrogen) atoms. The van der Waals surface area contributed by atoms with Crippen LogP contribution >= 0.6 is 23.4 Å². The van der Waals surface area contributed by atoms with E-state index in [0.717, 1.165) is 4.90 Å². The molecule has 2 aromatic carbocycles. The maximum absolute atomic E-state index is 14.0. The van der Waals surface area contributed by atoms with E-state index in [1.54, 1.807) is 25.3 Å². The third-order valence-electron chi connectivity index (χ3n) is 4.97. The summed E-state index contributed by atoms with van der Waals surface area (Å²) in [6.45, 7) is 3.94. The van der Waals surface area contributed by atoms with Crippen molar-refractivity contribution in [3.05, 3.63) is 69.6 Å². The Morgan fingerprint density at radius 2 is 1.91 bits per heavy atom. The number of nitrogens with zero attached hydrogens (tertiary/aromatic N) is 3. The predicted octanol–water partition coefficient (Wildman–Crippen LogP) is 4.95. The van der Waals surface area contributed by atoms with Crippen LogP contribution in [-0.2, 0) is 4.75 Å². The van der Waals surface area contributed by atoms with Gasteiger partial charge in [0.2, 0.25) is 5.88 Å². The minimum absolute atomic E-state index is 0.256. The summed E-state index contributed by atoms with van der Waals surface area (Å²) in [5, 5.41) is 0.371. The van der Waals surface area contributed by atoms with Gasteiger partial charge in [-0.2, -0.15) is 4.98 Å². The Labute approximate surface area is 192 Å². The SMILES string of the molecule is COc1ccc(F)cc1C(C)(C)Sc1ccc(Cl)c(-n2c(=O)[nH]c3c(OC)ncnc32)c1. The molecule has 0 saturated heterocycles. The molecule has 7 nitrogen and oxygen atoms in total. The zero-order valence-electron chi connectivity index (χ0n) is 17.8. The molecule has 1 N–H and O–H groups in total. The highest BCUT2D eigenvalue weighted by Gasteiger charge is 2.27. The first-order valence-electron chi connectivity index (χ1n) is 9.58. The van der Waals surface area contributed by atoms with Gasteiger partial charge in [0.05, 0.1) is 24.9 Å². The molecule has 0 radical (unpaired) electrons. The van der Waals surface area contributed by atoms with Crippen LogP contribution in [0.5, 0.6) is 11.6 Å². The summed E-state index contributed by atoms with van der Waals surface area (Å²) in [6.07, 6.45) is 1.32. The lowest BCUT2D eigenvalue weighted by molar-refractivity contribution is 0.401. The normalized spacial score (nSPS) is 11.7. The first-order valence-corrected chi connectivity index (χ1v) is 10.8. The fourth-order valence-electron chi connectivity index (χ4n) is 3.50. The second kappa shape index (κ2) is 8.48. The van der Waals surface area contributed by atoms with Crippen LogP contribution < -0.4 is 15.2 Å². The van der Waals surface area contributed by atoms with E-state index in [0.29, 0.717) is 33.2 Å². The summed E-state index contributed by atoms with van der Waals surface area (Å²) in [5.41, 5.74) is 1.46. The Morgan fingerprint density at radius 1 is 1.12 bits per heavy atom. The number of hydrogen-bond acceptors (Lipinski definition) is 6. The molecular formula is C22H20ClFN4O3S. The van der Waals surface area contributed by atoms with Crippen molar-refractivity contribution in [2.24, 2.45) is 0 Å². The predicted molar refractivity (Wildman–Crippen MR) is 123 cm³/mol. The van der Waals surface area contributed by atoms with E-state index in [2.05, 4.69) is 15.0 Å². The Bertz CT molecular complexity index is 1370. The Balaban J connectivity index is 1.80. The summed E-state index contributed by atoms with van der Waals surface area (Å²) in [5.74, 6) is 0.506. The van der Waals surface area contributed by atoms with Crippen LogP contribution in [-0.4, -0.2) is 33.7 Å². The van der Waals surface area contributed by atoms with Crippen molar-refractivity contribution >= 4 is 34.5 Å². The molecule has 2 heterocycles. The van der Waals surface area contributed by atoms with Crippen LogP contribution in [0.25, 0.3) is 16.9 Å². The average molecular weight is 475 g/mol. The lowest BCUT2D eigenvalue weighted by Gasteiger charge is -2.27. The van der Waals surface area contributed by atoms with Gasteiger partial charge in [-0.25, -0.2) is 18.7 Å². The van der Waals surface area contributed by atoms with Crippen molar-refractivity contribution < 1.29 is 13.9 Å². The number of hydrogen-bond donors (Lipinski definition) is 1. The van der Waals surface area contributed by atoms with Crippen molar-refractivity contribution in [2.75, 3.05) is 14.2 Å². The van der Waals surface area contributed by atoms with Crippen LogP contribution in [0, 0.1) is 5.82 Å². The van der Waals surface area contributed by atoms with Gasteiger partial charge in [-0.1, -0.05) is 11.6 Å². The van der Waals surface area contributed by atoms with Gasteiger partial charge in [-0.15, -0.1) is 11.8 Å². The topological polar surface area (TPSA) is 82.0 Å². The molecule has 0 fully saturated rings. The zero-order chi connectivity index (χ0) is 23.0. The van der Waals surface area contributed by atoms with Gasteiger partial charge in [0, 0.05) is 15.2 Å². The summed E-state index contributed by atoms with van der Waals surface area (Å²) < 4.78 is 25.4. The lowest BCUT2D eigenvalue weighted by Crippen LogP contribution is -2.16. The molecule has 4 rings (SSSR count). The molecule has 4 aromatic rings.